The molecule has 0 atom stereocenters. The highest BCUT2D eigenvalue weighted by Crippen LogP contribution is 2.29. The number of nitro groups is 2. The van der Waals surface area contributed by atoms with E-state index in [0.717, 1.165) is 69.6 Å². The lowest BCUT2D eigenvalue weighted by atomic mass is 9.98. The van der Waals surface area contributed by atoms with Crippen LogP contribution in [0.2, 0.25) is 0 Å². The largest absolute Gasteiger partial charge is 0.301 e. The van der Waals surface area contributed by atoms with Crippen molar-refractivity contribution >= 4 is 22.8 Å². The molecule has 0 amide bonds. The van der Waals surface area contributed by atoms with E-state index in [1.54, 1.807) is 0 Å². The topological polar surface area (TPSA) is 111 Å². The minimum absolute atomic E-state index is 0.164. The van der Waals surface area contributed by atoms with E-state index in [1.165, 1.54) is 23.3 Å². The molecule has 2 aliphatic rings. The Kier molecular flexibility index (Phi) is 7.48. The van der Waals surface area contributed by atoms with Gasteiger partial charge in [-0.15, -0.1) is 0 Å². The van der Waals surface area contributed by atoms with Gasteiger partial charge in [0.15, 0.2) is 0 Å². The first-order valence-electron chi connectivity index (χ1n) is 10.3. The van der Waals surface area contributed by atoms with Gasteiger partial charge in [-0.1, -0.05) is 30.7 Å². The zero-order valence-electron chi connectivity index (χ0n) is 16.9. The summed E-state index contributed by atoms with van der Waals surface area (Å²) in [5, 5.41) is 26.6. The quantitative estimate of drug-likeness (QED) is 0.506. The van der Waals surface area contributed by atoms with Crippen LogP contribution in [0.5, 0.6) is 0 Å². The molecule has 0 saturated carbocycles. The van der Waals surface area contributed by atoms with Crippen molar-refractivity contribution < 1.29 is 9.85 Å². The Labute approximate surface area is 175 Å². The average molecular weight is 410 g/mol. The molecule has 2 aromatic carbocycles. The number of benzene rings is 2. The van der Waals surface area contributed by atoms with Gasteiger partial charge in [-0.2, -0.15) is 5.10 Å². The third-order valence-corrected chi connectivity index (χ3v) is 5.36. The molecule has 2 aromatic rings. The number of hydrogen-bond acceptors (Lipinski definition) is 6. The number of nitrogens with one attached hydrogen (secondary N) is 1. The average Bonchev–Trinajstić information content (AvgIpc) is 2.74. The molecule has 0 fully saturated rings. The summed E-state index contributed by atoms with van der Waals surface area (Å²) in [6.07, 6.45) is 9.03. The molecular weight excluding hydrogens is 384 g/mol. The van der Waals surface area contributed by atoms with Crippen molar-refractivity contribution in [2.24, 2.45) is 5.10 Å². The standard InChI is InChI=1S/C22H26N4O4/c27-25(28)20-14-15-21(22(16-20)26(29)30)24-23-19-8-3-1-2-6-17-10-12-18(13-11-17)7-4-5-9-19/h10-16,24H,1-9H2/b23-19+. The SMILES string of the molecule is O=[N+]([O-])c1ccc(N/N=C2\CCCCCc3ccc(cc3)CCCC2)c([N+](=O)[O-])c1. The van der Waals surface area contributed by atoms with Crippen molar-refractivity contribution in [1.82, 2.24) is 0 Å². The second-order valence-electron chi connectivity index (χ2n) is 7.59. The van der Waals surface area contributed by atoms with Crippen LogP contribution in [0, 0.1) is 20.2 Å². The van der Waals surface area contributed by atoms with Crippen LogP contribution in [0.4, 0.5) is 17.1 Å². The molecule has 0 aromatic heterocycles. The maximum atomic E-state index is 11.3. The summed E-state index contributed by atoms with van der Waals surface area (Å²) in [4.78, 5) is 20.9. The summed E-state index contributed by atoms with van der Waals surface area (Å²) < 4.78 is 0. The molecule has 0 saturated heterocycles. The van der Waals surface area contributed by atoms with Crippen LogP contribution >= 0.6 is 0 Å². The van der Waals surface area contributed by atoms with Gasteiger partial charge in [0.25, 0.3) is 5.69 Å². The van der Waals surface area contributed by atoms with E-state index in [1.807, 2.05) is 0 Å². The van der Waals surface area contributed by atoms with Crippen molar-refractivity contribution in [1.29, 1.82) is 0 Å². The van der Waals surface area contributed by atoms with E-state index in [4.69, 9.17) is 0 Å². The Balaban J connectivity index is 1.69. The van der Waals surface area contributed by atoms with Crippen molar-refractivity contribution in [3.05, 3.63) is 73.8 Å². The highest BCUT2D eigenvalue weighted by Gasteiger charge is 2.19. The van der Waals surface area contributed by atoms with Gasteiger partial charge >= 0.3 is 5.69 Å². The molecule has 0 heterocycles. The fourth-order valence-corrected chi connectivity index (χ4v) is 3.62. The van der Waals surface area contributed by atoms with E-state index in [2.05, 4.69) is 34.8 Å². The number of hydrazone groups is 1. The van der Waals surface area contributed by atoms with Crippen LogP contribution in [0.15, 0.2) is 47.6 Å². The van der Waals surface area contributed by atoms with Gasteiger partial charge in [0.05, 0.1) is 15.9 Å². The van der Waals surface area contributed by atoms with Gasteiger partial charge in [-0.05, 0) is 68.6 Å². The van der Waals surface area contributed by atoms with Gasteiger partial charge in [-0.3, -0.25) is 25.7 Å². The van der Waals surface area contributed by atoms with Crippen LogP contribution in [0.1, 0.15) is 56.1 Å². The first-order chi connectivity index (χ1) is 14.5. The van der Waals surface area contributed by atoms with Crippen LogP contribution in [-0.4, -0.2) is 15.6 Å². The van der Waals surface area contributed by atoms with E-state index < -0.39 is 9.85 Å². The van der Waals surface area contributed by atoms with Crippen LogP contribution in [0.25, 0.3) is 0 Å². The highest BCUT2D eigenvalue weighted by molar-refractivity contribution is 5.85. The summed E-state index contributed by atoms with van der Waals surface area (Å²) >= 11 is 0. The Bertz CT molecular complexity index is 925. The molecule has 8 heteroatoms. The highest BCUT2D eigenvalue weighted by atomic mass is 16.6. The molecule has 2 bridgehead atoms. The van der Waals surface area contributed by atoms with Gasteiger partial charge in [-0.25, -0.2) is 0 Å². The predicted molar refractivity (Wildman–Crippen MR) is 117 cm³/mol. The zero-order chi connectivity index (χ0) is 21.3. The number of non-ortho nitro benzene ring substituents is 1. The summed E-state index contributed by atoms with van der Waals surface area (Å²) in [5.41, 5.74) is 5.98. The van der Waals surface area contributed by atoms with Gasteiger partial charge in [0.2, 0.25) is 0 Å². The van der Waals surface area contributed by atoms with E-state index in [-0.39, 0.29) is 17.1 Å². The number of rotatable bonds is 4. The Morgan fingerprint density at radius 2 is 1.30 bits per heavy atom. The van der Waals surface area contributed by atoms with E-state index in [9.17, 15) is 20.2 Å². The molecule has 0 aliphatic heterocycles. The Morgan fingerprint density at radius 1 is 0.733 bits per heavy atom. The van der Waals surface area contributed by atoms with Crippen molar-refractivity contribution in [2.45, 2.75) is 57.8 Å². The molecule has 30 heavy (non-hydrogen) atoms. The monoisotopic (exact) mass is 410 g/mol. The minimum Gasteiger partial charge on any atom is -0.272 e. The molecule has 2 aliphatic carbocycles. The fraction of sp³-hybridized carbons (Fsp3) is 0.409. The minimum atomic E-state index is -0.645. The Morgan fingerprint density at radius 3 is 1.90 bits per heavy atom. The fourth-order valence-electron chi connectivity index (χ4n) is 3.62. The number of aryl methyl sites for hydroxylation is 2. The van der Waals surface area contributed by atoms with Gasteiger partial charge < -0.3 is 0 Å². The van der Waals surface area contributed by atoms with Crippen LogP contribution in [0.3, 0.4) is 0 Å². The maximum absolute atomic E-state index is 11.3. The number of hydrogen-bond donors (Lipinski definition) is 1. The number of anilines is 1. The van der Waals surface area contributed by atoms with E-state index in [0.29, 0.717) is 0 Å². The molecular formula is C22H26N4O4. The van der Waals surface area contributed by atoms with Gasteiger partial charge in [0.1, 0.15) is 5.69 Å². The lowest BCUT2D eigenvalue weighted by molar-refractivity contribution is -0.393. The predicted octanol–water partition coefficient (Wildman–Crippen LogP) is 5.80. The number of fused-ring (bicyclic) bond motifs is 11. The van der Waals surface area contributed by atoms with Gasteiger partial charge in [0, 0.05) is 11.8 Å². The Hall–Kier alpha value is -3.29. The summed E-state index contributed by atoms with van der Waals surface area (Å²) in [6.45, 7) is 0. The number of nitro benzene ring substituents is 2. The second kappa shape index (κ2) is 10.5. The van der Waals surface area contributed by atoms with Crippen molar-refractivity contribution in [3.8, 4) is 0 Å². The zero-order valence-corrected chi connectivity index (χ0v) is 16.9. The molecule has 1 N–H and O–H groups in total. The maximum Gasteiger partial charge on any atom is 0.301 e. The van der Waals surface area contributed by atoms with E-state index >= 15 is 0 Å². The molecule has 8 nitrogen and oxygen atoms in total. The van der Waals surface area contributed by atoms with Crippen LogP contribution < -0.4 is 5.43 Å². The molecule has 0 unspecified atom stereocenters. The molecule has 158 valence electrons. The third-order valence-electron chi connectivity index (χ3n) is 5.36. The van der Waals surface area contributed by atoms with Crippen LogP contribution in [-0.2, 0) is 12.8 Å². The first kappa shape index (κ1) is 21.4. The summed E-state index contributed by atoms with van der Waals surface area (Å²) in [6, 6.07) is 12.4. The third kappa shape index (κ3) is 6.10. The molecule has 0 spiro atoms. The molecule has 4 rings (SSSR count). The second-order valence-corrected chi connectivity index (χ2v) is 7.59. The number of nitrogens with zero attached hydrogens (tertiary/aromatic N) is 3. The lowest BCUT2D eigenvalue weighted by Gasteiger charge is -2.10. The van der Waals surface area contributed by atoms with Crippen molar-refractivity contribution in [2.75, 3.05) is 5.43 Å². The smallest absolute Gasteiger partial charge is 0.272 e. The normalized spacial score (nSPS) is 16.7. The summed E-state index contributed by atoms with van der Waals surface area (Å²) in [7, 11) is 0. The molecule has 0 radical (unpaired) electrons. The lowest BCUT2D eigenvalue weighted by Crippen LogP contribution is -2.05. The van der Waals surface area contributed by atoms with Crippen molar-refractivity contribution in [3.63, 3.8) is 0 Å². The first-order valence-corrected chi connectivity index (χ1v) is 10.3. The summed E-state index contributed by atoms with van der Waals surface area (Å²) in [5.74, 6) is 0.